The molecule has 7 nitrogen and oxygen atoms in total. The molecule has 0 atom stereocenters. The third-order valence-corrected chi connectivity index (χ3v) is 3.36. The van der Waals surface area contributed by atoms with Gasteiger partial charge in [-0.2, -0.15) is 0 Å². The van der Waals surface area contributed by atoms with Gasteiger partial charge in [-0.25, -0.2) is 9.37 Å². The number of pyridine rings is 1. The summed E-state index contributed by atoms with van der Waals surface area (Å²) in [4.78, 5) is 14.0. The zero-order chi connectivity index (χ0) is 20.2. The van der Waals surface area contributed by atoms with Crippen LogP contribution in [0.5, 0.6) is 17.2 Å². The van der Waals surface area contributed by atoms with Crippen LogP contribution >= 0.6 is 0 Å². The van der Waals surface area contributed by atoms with Gasteiger partial charge in [-0.15, -0.1) is 0 Å². The summed E-state index contributed by atoms with van der Waals surface area (Å²) in [5.74, 6) is 0.254. The van der Waals surface area contributed by atoms with Gasteiger partial charge in [0.05, 0.1) is 17.5 Å². The lowest BCUT2D eigenvalue weighted by atomic mass is 10.3. The highest BCUT2D eigenvalue weighted by Crippen LogP contribution is 2.38. The highest BCUT2D eigenvalue weighted by molar-refractivity contribution is 5.60. The molecule has 0 radical (unpaired) electrons. The first kappa shape index (κ1) is 22.1. The van der Waals surface area contributed by atoms with Gasteiger partial charge in [0.2, 0.25) is 5.75 Å². The van der Waals surface area contributed by atoms with E-state index in [1.807, 2.05) is 13.8 Å². The molecular weight excluding hydrogens is 353 g/mol. The van der Waals surface area contributed by atoms with Crippen LogP contribution in [-0.2, 0) is 0 Å². The van der Waals surface area contributed by atoms with Crippen molar-refractivity contribution in [1.29, 1.82) is 0 Å². The number of benzene rings is 1. The topological polar surface area (TPSA) is 86.5 Å². The molecule has 1 aromatic heterocycles. The largest absolute Gasteiger partial charge is 0.485 e. The molecular formula is C19H26FN3O4. The summed E-state index contributed by atoms with van der Waals surface area (Å²) in [5.41, 5.74) is -0.338. The first-order chi connectivity index (χ1) is 13.1. The molecule has 3 rings (SSSR count). The van der Waals surface area contributed by atoms with Gasteiger partial charge in [-0.1, -0.05) is 40.5 Å². The van der Waals surface area contributed by atoms with Crippen LogP contribution in [0.4, 0.5) is 15.9 Å². The van der Waals surface area contributed by atoms with E-state index in [4.69, 9.17) is 9.47 Å². The van der Waals surface area contributed by atoms with Gasteiger partial charge in [0.25, 0.3) is 5.69 Å². The van der Waals surface area contributed by atoms with E-state index in [9.17, 15) is 14.5 Å². The van der Waals surface area contributed by atoms with Crippen molar-refractivity contribution in [2.24, 2.45) is 0 Å². The van der Waals surface area contributed by atoms with Gasteiger partial charge >= 0.3 is 0 Å². The zero-order valence-corrected chi connectivity index (χ0v) is 16.1. The van der Waals surface area contributed by atoms with Crippen molar-refractivity contribution >= 4 is 11.5 Å². The lowest BCUT2D eigenvalue weighted by Gasteiger charge is -2.20. The van der Waals surface area contributed by atoms with Crippen molar-refractivity contribution in [1.82, 2.24) is 4.98 Å². The summed E-state index contributed by atoms with van der Waals surface area (Å²) in [6.45, 7) is 9.42. The predicted molar refractivity (Wildman–Crippen MR) is 103 cm³/mol. The molecule has 0 amide bonds. The molecule has 27 heavy (non-hydrogen) atoms. The molecule has 1 N–H and O–H groups in total. The minimum atomic E-state index is -0.821. The van der Waals surface area contributed by atoms with E-state index >= 15 is 0 Å². The van der Waals surface area contributed by atoms with E-state index in [1.165, 1.54) is 37.2 Å². The van der Waals surface area contributed by atoms with Gasteiger partial charge < -0.3 is 14.8 Å². The monoisotopic (exact) mass is 379 g/mol. The van der Waals surface area contributed by atoms with Crippen molar-refractivity contribution in [3.63, 3.8) is 0 Å². The van der Waals surface area contributed by atoms with E-state index in [0.29, 0.717) is 30.5 Å². The Labute approximate surface area is 158 Å². The Kier molecular flexibility index (Phi) is 9.57. The Morgan fingerprint density at radius 1 is 1.26 bits per heavy atom. The summed E-state index contributed by atoms with van der Waals surface area (Å²) >= 11 is 0. The molecule has 0 aliphatic carbocycles. The minimum Gasteiger partial charge on any atom is -0.485 e. The number of rotatable bonds is 4. The van der Waals surface area contributed by atoms with Crippen LogP contribution in [-0.4, -0.2) is 23.1 Å². The maximum atomic E-state index is 13.8. The Balaban J connectivity index is 0.000000541. The Morgan fingerprint density at radius 3 is 2.56 bits per heavy atom. The fraction of sp³-hybridized carbons (Fsp3) is 0.421. The first-order valence-corrected chi connectivity index (χ1v) is 9.04. The molecule has 1 aliphatic heterocycles. The van der Waals surface area contributed by atoms with E-state index in [1.54, 1.807) is 0 Å². The molecule has 0 unspecified atom stereocenters. The number of unbranched alkanes of at least 4 members (excludes halogenated alkanes) is 1. The van der Waals surface area contributed by atoms with E-state index in [0.717, 1.165) is 6.07 Å². The molecule has 0 spiro atoms. The van der Waals surface area contributed by atoms with Crippen molar-refractivity contribution in [3.05, 3.63) is 46.4 Å². The molecule has 0 saturated heterocycles. The van der Waals surface area contributed by atoms with E-state index in [-0.39, 0.29) is 11.4 Å². The number of ether oxygens (including phenoxy) is 2. The molecule has 2 aromatic rings. The van der Waals surface area contributed by atoms with Crippen molar-refractivity contribution < 1.29 is 18.8 Å². The Hall–Kier alpha value is -2.90. The summed E-state index contributed by atoms with van der Waals surface area (Å²) < 4.78 is 24.7. The molecule has 1 aliphatic rings. The number of hydrogen-bond donors (Lipinski definition) is 1. The molecule has 0 fully saturated rings. The summed E-state index contributed by atoms with van der Waals surface area (Å²) in [5, 5.41) is 13.6. The van der Waals surface area contributed by atoms with Crippen LogP contribution in [0.1, 0.15) is 40.5 Å². The van der Waals surface area contributed by atoms with Gasteiger partial charge in [0.15, 0.2) is 23.1 Å². The van der Waals surface area contributed by atoms with E-state index in [2.05, 4.69) is 24.1 Å². The molecule has 1 aromatic carbocycles. The average molecular weight is 379 g/mol. The second kappa shape index (κ2) is 11.7. The molecule has 148 valence electrons. The molecule has 0 bridgehead atoms. The molecule has 0 saturated carbocycles. The van der Waals surface area contributed by atoms with Crippen LogP contribution in [0, 0.1) is 15.9 Å². The quantitative estimate of drug-likeness (QED) is 0.553. The summed E-state index contributed by atoms with van der Waals surface area (Å²) in [6.07, 6.45) is 4.14. The minimum absolute atomic E-state index is 0.122. The number of nitrogens with one attached hydrogen (secondary N) is 1. The number of nitro benzene ring substituents is 1. The number of nitro groups is 1. The third kappa shape index (κ3) is 6.40. The lowest BCUT2D eigenvalue weighted by Crippen LogP contribution is -2.19. The fourth-order valence-corrected chi connectivity index (χ4v) is 1.90. The second-order valence-corrected chi connectivity index (χ2v) is 5.24. The fourth-order valence-electron chi connectivity index (χ4n) is 1.90. The molecule has 8 heteroatoms. The summed E-state index contributed by atoms with van der Waals surface area (Å²) in [7, 11) is 0. The number of anilines is 1. The number of hydrogen-bond acceptors (Lipinski definition) is 6. The number of non-ortho nitro benzene ring substituents is 1. The highest BCUT2D eigenvalue weighted by atomic mass is 19.1. The highest BCUT2D eigenvalue weighted by Gasteiger charge is 2.19. The smallest absolute Gasteiger partial charge is 0.272 e. The van der Waals surface area contributed by atoms with Gasteiger partial charge in [-0.05, 0) is 6.07 Å². The summed E-state index contributed by atoms with van der Waals surface area (Å²) in [6, 6.07) is 4.72. The first-order valence-electron chi connectivity index (χ1n) is 9.04. The number of fused-ring (bicyclic) bond motifs is 1. The van der Waals surface area contributed by atoms with Crippen molar-refractivity contribution in [2.75, 3.05) is 18.5 Å². The van der Waals surface area contributed by atoms with Gasteiger partial charge in [0, 0.05) is 18.3 Å². The lowest BCUT2D eigenvalue weighted by molar-refractivity contribution is -0.385. The standard InChI is InChI=1S/C13H10FN3O4.C4H10.C2H6/c14-9-7-8(17(18)19)1-2-10(9)21-11-3-4-15-13-12(11)20-6-5-16-13;1-3-4-2;1-2/h1-4,7H,5-6H2,(H,15,16);3-4H2,1-2H3;1-2H3. The van der Waals surface area contributed by atoms with Gasteiger partial charge in [0.1, 0.15) is 6.61 Å². The number of aromatic nitrogens is 1. The van der Waals surface area contributed by atoms with Crippen LogP contribution in [0.2, 0.25) is 0 Å². The van der Waals surface area contributed by atoms with Crippen LogP contribution < -0.4 is 14.8 Å². The number of halogens is 1. The maximum absolute atomic E-state index is 13.8. The molecule has 2 heterocycles. The van der Waals surface area contributed by atoms with E-state index < -0.39 is 10.7 Å². The Bertz CT molecular complexity index is 739. The SMILES string of the molecule is CC.CCCC.O=[N+]([O-])c1ccc(Oc2ccnc3c2OCCN3)c(F)c1. The average Bonchev–Trinajstić information content (AvgIpc) is 2.71. The normalized spacial score (nSPS) is 11.3. The predicted octanol–water partition coefficient (Wildman–Crippen LogP) is 5.56. The Morgan fingerprint density at radius 2 is 1.96 bits per heavy atom. The van der Waals surface area contributed by atoms with Crippen LogP contribution in [0.15, 0.2) is 30.5 Å². The zero-order valence-electron chi connectivity index (χ0n) is 16.1. The van der Waals surface area contributed by atoms with Crippen molar-refractivity contribution in [3.8, 4) is 17.2 Å². The van der Waals surface area contributed by atoms with Crippen molar-refractivity contribution in [2.45, 2.75) is 40.5 Å². The van der Waals surface area contributed by atoms with Crippen LogP contribution in [0.25, 0.3) is 0 Å². The van der Waals surface area contributed by atoms with Gasteiger partial charge in [-0.3, -0.25) is 10.1 Å². The number of nitrogens with zero attached hydrogens (tertiary/aromatic N) is 2. The second-order valence-electron chi connectivity index (χ2n) is 5.24. The maximum Gasteiger partial charge on any atom is 0.272 e. The third-order valence-electron chi connectivity index (χ3n) is 3.36. The van der Waals surface area contributed by atoms with Crippen LogP contribution in [0.3, 0.4) is 0 Å².